The smallest absolute Gasteiger partial charge is 0.162 e. The van der Waals surface area contributed by atoms with Gasteiger partial charge in [0.25, 0.3) is 0 Å². The third kappa shape index (κ3) is 4.93. The Kier molecular flexibility index (Phi) is 5.24. The highest BCUT2D eigenvalue weighted by Gasteiger charge is 2.04. The molecule has 0 aliphatic rings. The van der Waals surface area contributed by atoms with Crippen LogP contribution in [0.1, 0.15) is 10.4 Å². The number of hydrogen-bond acceptors (Lipinski definition) is 3. The SMILES string of the molecule is O=C(COCCc1cccs1)Cc1ccc(F)cc1. The summed E-state index contributed by atoms with van der Waals surface area (Å²) in [7, 11) is 0. The Labute approximate surface area is 115 Å². The normalized spacial score (nSPS) is 10.6. The van der Waals surface area contributed by atoms with E-state index in [0.717, 1.165) is 12.0 Å². The standard InChI is InChI=1S/C15H15FO2S/c16-13-5-3-12(4-6-13)10-14(17)11-18-8-7-15-2-1-9-19-15/h1-6,9H,7-8,10-11H2. The third-order valence-electron chi connectivity index (χ3n) is 2.65. The van der Waals surface area contributed by atoms with Crippen LogP contribution in [-0.2, 0) is 22.4 Å². The van der Waals surface area contributed by atoms with Gasteiger partial charge in [0.1, 0.15) is 12.4 Å². The van der Waals surface area contributed by atoms with Crippen molar-refractivity contribution in [2.45, 2.75) is 12.8 Å². The Bertz CT molecular complexity index is 505. The van der Waals surface area contributed by atoms with Crippen molar-refractivity contribution in [1.82, 2.24) is 0 Å². The van der Waals surface area contributed by atoms with Crippen LogP contribution in [0.5, 0.6) is 0 Å². The fraction of sp³-hybridized carbons (Fsp3) is 0.267. The summed E-state index contributed by atoms with van der Waals surface area (Å²) >= 11 is 1.69. The van der Waals surface area contributed by atoms with Crippen LogP contribution in [-0.4, -0.2) is 19.0 Å². The fourth-order valence-corrected chi connectivity index (χ4v) is 2.38. The molecule has 1 heterocycles. The van der Waals surface area contributed by atoms with Crippen molar-refractivity contribution in [2.24, 2.45) is 0 Å². The van der Waals surface area contributed by atoms with Gasteiger partial charge in [-0.3, -0.25) is 4.79 Å². The molecule has 2 nitrogen and oxygen atoms in total. The summed E-state index contributed by atoms with van der Waals surface area (Å²) in [5.74, 6) is -0.277. The second-order valence-corrected chi connectivity index (χ2v) is 5.26. The van der Waals surface area contributed by atoms with Crippen LogP contribution in [0.4, 0.5) is 4.39 Å². The number of carbonyl (C=O) groups excluding carboxylic acids is 1. The van der Waals surface area contributed by atoms with Gasteiger partial charge in [-0.15, -0.1) is 11.3 Å². The van der Waals surface area contributed by atoms with Crippen LogP contribution < -0.4 is 0 Å². The Morgan fingerprint density at radius 2 is 2.00 bits per heavy atom. The predicted octanol–water partition coefficient (Wildman–Crippen LogP) is 3.26. The molecule has 0 bridgehead atoms. The minimum atomic E-state index is -0.289. The summed E-state index contributed by atoms with van der Waals surface area (Å²) in [4.78, 5) is 12.9. The molecule has 0 fully saturated rings. The van der Waals surface area contributed by atoms with Crippen LogP contribution in [0, 0.1) is 5.82 Å². The summed E-state index contributed by atoms with van der Waals surface area (Å²) < 4.78 is 18.0. The molecule has 0 aliphatic heterocycles. The quantitative estimate of drug-likeness (QED) is 0.727. The molecule has 0 spiro atoms. The Morgan fingerprint density at radius 1 is 1.21 bits per heavy atom. The molecule has 1 aromatic carbocycles. The van der Waals surface area contributed by atoms with Crippen LogP contribution in [0.15, 0.2) is 41.8 Å². The zero-order chi connectivity index (χ0) is 13.5. The number of Topliss-reactive ketones (excluding diaryl/α,β-unsaturated/α-hetero) is 1. The number of thiophene rings is 1. The van der Waals surface area contributed by atoms with Gasteiger partial charge in [0, 0.05) is 17.7 Å². The Morgan fingerprint density at radius 3 is 2.68 bits per heavy atom. The highest BCUT2D eigenvalue weighted by molar-refractivity contribution is 7.09. The molecule has 0 unspecified atom stereocenters. The number of benzene rings is 1. The maximum Gasteiger partial charge on any atom is 0.162 e. The van der Waals surface area contributed by atoms with E-state index >= 15 is 0 Å². The maximum atomic E-state index is 12.7. The second-order valence-electron chi connectivity index (χ2n) is 4.22. The van der Waals surface area contributed by atoms with Gasteiger partial charge in [-0.2, -0.15) is 0 Å². The van der Waals surface area contributed by atoms with Gasteiger partial charge < -0.3 is 4.74 Å². The largest absolute Gasteiger partial charge is 0.373 e. The van der Waals surface area contributed by atoms with Crippen molar-refractivity contribution < 1.29 is 13.9 Å². The van der Waals surface area contributed by atoms with Crippen LogP contribution in [0.3, 0.4) is 0 Å². The zero-order valence-corrected chi connectivity index (χ0v) is 11.3. The van der Waals surface area contributed by atoms with Crippen LogP contribution in [0.2, 0.25) is 0 Å². The fourth-order valence-electron chi connectivity index (χ4n) is 1.69. The topological polar surface area (TPSA) is 26.3 Å². The molecule has 0 N–H and O–H groups in total. The van der Waals surface area contributed by atoms with Gasteiger partial charge in [-0.25, -0.2) is 4.39 Å². The molecule has 0 aliphatic carbocycles. The first-order valence-corrected chi connectivity index (χ1v) is 6.98. The van der Waals surface area contributed by atoms with Gasteiger partial charge in [-0.05, 0) is 29.1 Å². The molecular weight excluding hydrogens is 263 g/mol. The third-order valence-corrected chi connectivity index (χ3v) is 3.59. The Balaban J connectivity index is 1.65. The number of rotatable bonds is 7. The first-order valence-electron chi connectivity index (χ1n) is 6.10. The minimum Gasteiger partial charge on any atom is -0.373 e. The van der Waals surface area contributed by atoms with Gasteiger partial charge in [0.05, 0.1) is 6.61 Å². The summed E-state index contributed by atoms with van der Waals surface area (Å²) in [5.41, 5.74) is 0.813. The molecule has 0 atom stereocenters. The molecular formula is C15H15FO2S. The lowest BCUT2D eigenvalue weighted by atomic mass is 10.1. The number of hydrogen-bond donors (Lipinski definition) is 0. The van der Waals surface area contributed by atoms with E-state index in [0.29, 0.717) is 13.0 Å². The van der Waals surface area contributed by atoms with E-state index in [4.69, 9.17) is 4.74 Å². The number of carbonyl (C=O) groups is 1. The summed E-state index contributed by atoms with van der Waals surface area (Å²) in [6.45, 7) is 0.665. The van der Waals surface area contributed by atoms with Crippen molar-refractivity contribution in [3.8, 4) is 0 Å². The van der Waals surface area contributed by atoms with Gasteiger partial charge >= 0.3 is 0 Å². The van der Waals surface area contributed by atoms with Crippen LogP contribution >= 0.6 is 11.3 Å². The van der Waals surface area contributed by atoms with Gasteiger partial charge in [0.15, 0.2) is 5.78 Å². The van der Waals surface area contributed by atoms with E-state index < -0.39 is 0 Å². The van der Waals surface area contributed by atoms with Crippen molar-refractivity contribution in [3.05, 3.63) is 58.0 Å². The van der Waals surface area contributed by atoms with E-state index in [9.17, 15) is 9.18 Å². The van der Waals surface area contributed by atoms with Crippen molar-refractivity contribution >= 4 is 17.1 Å². The van der Waals surface area contributed by atoms with E-state index in [-0.39, 0.29) is 18.2 Å². The lowest BCUT2D eigenvalue weighted by Gasteiger charge is -2.03. The maximum absolute atomic E-state index is 12.7. The van der Waals surface area contributed by atoms with E-state index in [1.165, 1.54) is 17.0 Å². The molecule has 2 aromatic rings. The summed E-state index contributed by atoms with van der Waals surface area (Å²) in [6, 6.07) is 10.0. The van der Waals surface area contributed by atoms with Gasteiger partial charge in [-0.1, -0.05) is 18.2 Å². The molecule has 100 valence electrons. The van der Waals surface area contributed by atoms with Crippen molar-refractivity contribution in [2.75, 3.05) is 13.2 Å². The predicted molar refractivity (Wildman–Crippen MR) is 74.0 cm³/mol. The van der Waals surface area contributed by atoms with E-state index in [1.54, 1.807) is 23.5 Å². The van der Waals surface area contributed by atoms with E-state index in [2.05, 4.69) is 0 Å². The summed E-state index contributed by atoms with van der Waals surface area (Å²) in [6.07, 6.45) is 1.13. The molecule has 0 saturated heterocycles. The molecule has 19 heavy (non-hydrogen) atoms. The van der Waals surface area contributed by atoms with Gasteiger partial charge in [0.2, 0.25) is 0 Å². The molecule has 2 rings (SSSR count). The average Bonchev–Trinajstić information content (AvgIpc) is 2.91. The zero-order valence-electron chi connectivity index (χ0n) is 10.5. The number of ketones is 1. The van der Waals surface area contributed by atoms with E-state index in [1.807, 2.05) is 17.5 Å². The van der Waals surface area contributed by atoms with Crippen LogP contribution in [0.25, 0.3) is 0 Å². The molecule has 0 saturated carbocycles. The molecule has 1 aromatic heterocycles. The minimum absolute atomic E-state index is 0.0118. The Hall–Kier alpha value is -1.52. The lowest BCUT2D eigenvalue weighted by molar-refractivity contribution is -0.122. The summed E-state index contributed by atoms with van der Waals surface area (Å²) in [5, 5.41) is 2.02. The first-order chi connectivity index (χ1) is 9.24. The number of ether oxygens (including phenoxy) is 1. The molecule has 4 heteroatoms. The molecule has 0 amide bonds. The average molecular weight is 278 g/mol. The lowest BCUT2D eigenvalue weighted by Crippen LogP contribution is -2.12. The second kappa shape index (κ2) is 7.16. The van der Waals surface area contributed by atoms with Crippen molar-refractivity contribution in [1.29, 1.82) is 0 Å². The monoisotopic (exact) mass is 278 g/mol. The highest BCUT2D eigenvalue weighted by atomic mass is 32.1. The highest BCUT2D eigenvalue weighted by Crippen LogP contribution is 2.09. The first kappa shape index (κ1) is 13.9. The molecule has 0 radical (unpaired) electrons. The number of halogens is 1. The van der Waals surface area contributed by atoms with Crippen molar-refractivity contribution in [3.63, 3.8) is 0 Å².